The monoisotopic (exact) mass is 480 g/mol. The smallest absolute Gasteiger partial charge is 0.406 e. The third-order valence-corrected chi connectivity index (χ3v) is 6.22. The lowest BCUT2D eigenvalue weighted by molar-refractivity contribution is -0.274. The Kier molecular flexibility index (Phi) is 6.57. The topological polar surface area (TPSA) is 94.5 Å². The Labute approximate surface area is 194 Å². The van der Waals surface area contributed by atoms with Gasteiger partial charge >= 0.3 is 6.36 Å². The van der Waals surface area contributed by atoms with E-state index in [4.69, 9.17) is 4.74 Å². The van der Waals surface area contributed by atoms with Crippen molar-refractivity contribution in [2.24, 2.45) is 11.8 Å². The molecule has 2 aliphatic rings. The molecule has 0 bridgehead atoms. The minimum absolute atomic E-state index is 0.0276. The number of nitrogens with one attached hydrogen (secondary N) is 2. The Morgan fingerprint density at radius 1 is 1.21 bits per heavy atom. The van der Waals surface area contributed by atoms with Gasteiger partial charge in [-0.3, -0.25) is 14.3 Å². The molecule has 0 unspecified atom stereocenters. The Balaban J connectivity index is 1.67. The molecule has 1 aromatic heterocycles. The summed E-state index contributed by atoms with van der Waals surface area (Å²) in [4.78, 5) is 24.6. The van der Waals surface area contributed by atoms with Crippen molar-refractivity contribution in [1.29, 1.82) is 0 Å². The second-order valence-electron chi connectivity index (χ2n) is 8.95. The predicted molar refractivity (Wildman–Crippen MR) is 117 cm³/mol. The maximum Gasteiger partial charge on any atom is 0.573 e. The number of rotatable bonds is 5. The van der Waals surface area contributed by atoms with Gasteiger partial charge in [-0.25, -0.2) is 0 Å². The summed E-state index contributed by atoms with van der Waals surface area (Å²) >= 11 is 0. The first-order valence-corrected chi connectivity index (χ1v) is 11.2. The molecular formula is C23H27F3N4O4. The summed E-state index contributed by atoms with van der Waals surface area (Å²) in [6, 6.07) is 7.20. The van der Waals surface area contributed by atoms with Gasteiger partial charge in [-0.1, -0.05) is 19.1 Å². The summed E-state index contributed by atoms with van der Waals surface area (Å²) in [5.74, 6) is -1.60. The van der Waals surface area contributed by atoms with Crippen LogP contribution in [0.2, 0.25) is 0 Å². The van der Waals surface area contributed by atoms with Crippen molar-refractivity contribution in [3.8, 4) is 17.0 Å². The number of hydrogen-bond donors (Lipinski definition) is 2. The fourth-order valence-electron chi connectivity index (χ4n) is 4.64. The lowest BCUT2D eigenvalue weighted by atomic mass is 9.97. The second kappa shape index (κ2) is 9.28. The summed E-state index contributed by atoms with van der Waals surface area (Å²) < 4.78 is 49.9. The Morgan fingerprint density at radius 3 is 2.53 bits per heavy atom. The fraction of sp³-hybridized carbons (Fsp3) is 0.522. The zero-order chi connectivity index (χ0) is 24.6. The minimum Gasteiger partial charge on any atom is -0.406 e. The molecule has 2 amide bonds. The molecule has 5 atom stereocenters. The molecule has 2 saturated heterocycles. The van der Waals surface area contributed by atoms with Crippen LogP contribution >= 0.6 is 0 Å². The van der Waals surface area contributed by atoms with Gasteiger partial charge in [-0.05, 0) is 38.8 Å². The van der Waals surface area contributed by atoms with Crippen LogP contribution in [0.4, 0.5) is 19.0 Å². The van der Waals surface area contributed by atoms with Crippen LogP contribution in [-0.4, -0.2) is 46.7 Å². The average molecular weight is 480 g/mol. The van der Waals surface area contributed by atoms with Gasteiger partial charge in [0.1, 0.15) is 5.75 Å². The summed E-state index contributed by atoms with van der Waals surface area (Å²) in [5, 5.41) is 10.0. The van der Waals surface area contributed by atoms with Gasteiger partial charge in [0.15, 0.2) is 5.82 Å². The van der Waals surface area contributed by atoms with Crippen LogP contribution in [0.5, 0.6) is 5.75 Å². The van der Waals surface area contributed by atoms with Crippen molar-refractivity contribution in [2.45, 2.75) is 58.2 Å². The highest BCUT2D eigenvalue weighted by Gasteiger charge is 2.37. The van der Waals surface area contributed by atoms with Crippen molar-refractivity contribution < 1.29 is 32.2 Å². The molecule has 4 rings (SSSR count). The molecule has 34 heavy (non-hydrogen) atoms. The lowest BCUT2D eigenvalue weighted by Gasteiger charge is -2.33. The van der Waals surface area contributed by atoms with E-state index in [2.05, 4.69) is 20.5 Å². The molecule has 8 nitrogen and oxygen atoms in total. The van der Waals surface area contributed by atoms with Gasteiger partial charge in [0, 0.05) is 24.1 Å². The van der Waals surface area contributed by atoms with Crippen LogP contribution in [-0.2, 0) is 14.3 Å². The van der Waals surface area contributed by atoms with Crippen molar-refractivity contribution >= 4 is 17.6 Å². The van der Waals surface area contributed by atoms with Crippen molar-refractivity contribution in [3.63, 3.8) is 0 Å². The predicted octanol–water partition coefficient (Wildman–Crippen LogP) is 3.90. The summed E-state index contributed by atoms with van der Waals surface area (Å²) in [6.45, 7) is 5.84. The maximum absolute atomic E-state index is 12.8. The highest BCUT2D eigenvalue weighted by Crippen LogP contribution is 2.36. The highest BCUT2D eigenvalue weighted by molar-refractivity contribution is 5.97. The second-order valence-corrected chi connectivity index (χ2v) is 8.95. The number of halogens is 3. The van der Waals surface area contributed by atoms with Crippen molar-refractivity contribution in [3.05, 3.63) is 30.3 Å². The third kappa shape index (κ3) is 5.35. The quantitative estimate of drug-likeness (QED) is 0.677. The van der Waals surface area contributed by atoms with Crippen LogP contribution in [0.25, 0.3) is 11.3 Å². The molecule has 2 aromatic rings. The molecule has 0 spiro atoms. The molecule has 11 heteroatoms. The van der Waals surface area contributed by atoms with Crippen LogP contribution in [0.3, 0.4) is 0 Å². The van der Waals surface area contributed by atoms with Gasteiger partial charge in [0.05, 0.1) is 29.9 Å². The van der Waals surface area contributed by atoms with Crippen LogP contribution < -0.4 is 15.4 Å². The average Bonchev–Trinajstić information content (AvgIpc) is 3.30. The zero-order valence-electron chi connectivity index (χ0n) is 19.1. The number of amides is 2. The normalized spacial score (nSPS) is 27.4. The molecule has 2 N–H and O–H groups in total. The molecule has 1 aromatic carbocycles. The van der Waals surface area contributed by atoms with Crippen molar-refractivity contribution in [1.82, 2.24) is 15.1 Å². The van der Waals surface area contributed by atoms with E-state index >= 15 is 0 Å². The Bertz CT molecular complexity index is 1060. The number of carbonyl (C=O) groups is 2. The minimum atomic E-state index is -4.81. The number of nitrogens with zero attached hydrogens (tertiary/aromatic N) is 2. The van der Waals surface area contributed by atoms with Gasteiger partial charge in [-0.15, -0.1) is 13.2 Å². The molecule has 0 aliphatic carbocycles. The number of hydrogen-bond acceptors (Lipinski definition) is 5. The molecule has 2 fully saturated rings. The molecule has 184 valence electrons. The first kappa shape index (κ1) is 24.1. The van der Waals surface area contributed by atoms with Gasteiger partial charge in [0.2, 0.25) is 11.8 Å². The van der Waals surface area contributed by atoms with Gasteiger partial charge in [0.25, 0.3) is 0 Å². The first-order chi connectivity index (χ1) is 16.0. The number of ether oxygens (including phenoxy) is 2. The zero-order valence-corrected chi connectivity index (χ0v) is 19.1. The molecule has 0 radical (unpaired) electrons. The van der Waals surface area contributed by atoms with E-state index < -0.39 is 18.2 Å². The maximum atomic E-state index is 12.8. The SMILES string of the molecule is C[C@@H]1C[C@@H](n2nc(NC(=O)[C@H]3CNC(=O)[C@@H]3C)cc2-c2cccc(OC(F)(F)F)c2)C[C@H](C)O1. The molecule has 0 saturated carbocycles. The number of carbonyl (C=O) groups excluding carboxylic acids is 2. The van der Waals surface area contributed by atoms with Crippen LogP contribution in [0.1, 0.15) is 39.7 Å². The largest absolute Gasteiger partial charge is 0.573 e. The molecule has 3 heterocycles. The van der Waals surface area contributed by atoms with E-state index in [0.717, 1.165) is 0 Å². The summed E-state index contributed by atoms with van der Waals surface area (Å²) in [7, 11) is 0. The third-order valence-electron chi connectivity index (χ3n) is 6.22. The van der Waals surface area contributed by atoms with E-state index in [9.17, 15) is 22.8 Å². The van der Waals surface area contributed by atoms with Gasteiger partial charge in [-0.2, -0.15) is 5.10 Å². The first-order valence-electron chi connectivity index (χ1n) is 11.2. The van der Waals surface area contributed by atoms with E-state index in [-0.39, 0.29) is 48.2 Å². The number of benzene rings is 1. The molecular weight excluding hydrogens is 453 g/mol. The van der Waals surface area contributed by atoms with E-state index in [1.807, 2.05) is 13.8 Å². The fourth-order valence-corrected chi connectivity index (χ4v) is 4.64. The van der Waals surface area contributed by atoms with Crippen molar-refractivity contribution in [2.75, 3.05) is 11.9 Å². The Hall–Kier alpha value is -3.08. The van der Waals surface area contributed by atoms with Gasteiger partial charge < -0.3 is 20.1 Å². The molecule has 2 aliphatic heterocycles. The van der Waals surface area contributed by atoms with E-state index in [1.54, 1.807) is 23.7 Å². The summed E-state index contributed by atoms with van der Waals surface area (Å²) in [6.07, 6.45) is -3.56. The van der Waals surface area contributed by atoms with E-state index in [1.165, 1.54) is 18.2 Å². The van der Waals surface area contributed by atoms with E-state index in [0.29, 0.717) is 24.1 Å². The summed E-state index contributed by atoms with van der Waals surface area (Å²) in [5.41, 5.74) is 1.01. The highest BCUT2D eigenvalue weighted by atomic mass is 19.4. The van der Waals surface area contributed by atoms with Crippen LogP contribution in [0, 0.1) is 11.8 Å². The number of anilines is 1. The lowest BCUT2D eigenvalue weighted by Crippen LogP contribution is -2.32. The van der Waals surface area contributed by atoms with Crippen LogP contribution in [0.15, 0.2) is 30.3 Å². The number of aromatic nitrogens is 2. The number of alkyl halides is 3. The Morgan fingerprint density at radius 2 is 1.91 bits per heavy atom. The standard InChI is InChI=1S/C23H27F3N4O4/c1-12-7-16(8-13(2)33-12)30-19(15-5-4-6-17(9-15)34-23(24,25)26)10-20(29-30)28-22(32)18-11-27-21(31)14(18)3/h4-6,9-10,12-14,16,18H,7-8,11H2,1-3H3,(H,27,31)(H,28,29,32)/t12-,13+,14-,16-,18+/m1/s1.